The number of hydrogen-bond acceptors (Lipinski definition) is 4. The number of carbonyl (C=O) groups excluding carboxylic acids is 1. The molecule has 1 aromatic carbocycles. The van der Waals surface area contributed by atoms with Crippen molar-refractivity contribution in [3.63, 3.8) is 0 Å². The number of anilines is 1. The molecule has 0 atom stereocenters. The van der Waals surface area contributed by atoms with E-state index >= 15 is 0 Å². The summed E-state index contributed by atoms with van der Waals surface area (Å²) in [5, 5.41) is 9.83. The summed E-state index contributed by atoms with van der Waals surface area (Å²) in [4.78, 5) is 16.1. The van der Waals surface area contributed by atoms with Crippen molar-refractivity contribution < 1.29 is 9.90 Å². The summed E-state index contributed by atoms with van der Waals surface area (Å²) in [6.45, 7) is 3.31. The van der Waals surface area contributed by atoms with E-state index in [1.165, 1.54) is 0 Å². The summed E-state index contributed by atoms with van der Waals surface area (Å²) in [5.41, 5.74) is 6.07. The number of piperazine rings is 1. The Hall–Kier alpha value is -2.19. The number of para-hydroxylation sites is 1. The number of rotatable bonds is 2. The number of carbonyl (C=O) groups is 1. The Labute approximate surface area is 112 Å². The Morgan fingerprint density at radius 1 is 1.37 bits per heavy atom. The van der Waals surface area contributed by atoms with Crippen LogP contribution in [0.5, 0.6) is 5.75 Å². The van der Waals surface area contributed by atoms with Gasteiger partial charge in [-0.3, -0.25) is 9.69 Å². The molecule has 0 unspecified atom stereocenters. The van der Waals surface area contributed by atoms with E-state index in [4.69, 9.17) is 12.2 Å². The number of aromatic hydroxyl groups is 1. The molecule has 100 valence electrons. The summed E-state index contributed by atoms with van der Waals surface area (Å²) in [5.74, 6) is 2.27. The molecule has 1 aromatic rings. The van der Waals surface area contributed by atoms with Crippen LogP contribution in [0, 0.1) is 12.3 Å². The molecule has 1 saturated heterocycles. The van der Waals surface area contributed by atoms with Crippen LogP contribution in [0.2, 0.25) is 0 Å². The average molecular weight is 259 g/mol. The van der Waals surface area contributed by atoms with E-state index < -0.39 is 0 Å². The second-order valence-corrected chi connectivity index (χ2v) is 4.52. The number of phenols is 1. The van der Waals surface area contributed by atoms with Crippen LogP contribution in [-0.4, -0.2) is 53.5 Å². The van der Waals surface area contributed by atoms with Crippen molar-refractivity contribution >= 4 is 11.6 Å². The molecule has 5 heteroatoms. The lowest BCUT2D eigenvalue weighted by Gasteiger charge is -2.33. The van der Waals surface area contributed by atoms with E-state index in [1.807, 2.05) is 0 Å². The van der Waals surface area contributed by atoms with Gasteiger partial charge >= 0.3 is 0 Å². The number of hydrogen-bond donors (Lipinski definition) is 2. The minimum Gasteiger partial charge on any atom is -0.505 e. The zero-order chi connectivity index (χ0) is 13.8. The third-order valence-electron chi connectivity index (χ3n) is 3.27. The van der Waals surface area contributed by atoms with Gasteiger partial charge in [-0.05, 0) is 12.1 Å². The smallest absolute Gasteiger partial charge is 0.257 e. The second kappa shape index (κ2) is 5.63. The molecule has 1 aliphatic rings. The number of nitrogen functional groups attached to an aromatic ring is 1. The predicted molar refractivity (Wildman–Crippen MR) is 73.7 cm³/mol. The first-order valence-electron chi connectivity index (χ1n) is 6.16. The number of amides is 1. The molecule has 1 fully saturated rings. The number of phenolic OH excluding ortho intramolecular Hbond substituents is 1. The molecule has 1 heterocycles. The Kier molecular flexibility index (Phi) is 3.93. The number of benzene rings is 1. The molecule has 0 radical (unpaired) electrons. The van der Waals surface area contributed by atoms with Crippen molar-refractivity contribution in [2.24, 2.45) is 0 Å². The van der Waals surface area contributed by atoms with Gasteiger partial charge in [0.1, 0.15) is 0 Å². The van der Waals surface area contributed by atoms with Crippen LogP contribution in [0.4, 0.5) is 5.69 Å². The van der Waals surface area contributed by atoms with Gasteiger partial charge in [-0.15, -0.1) is 6.42 Å². The van der Waals surface area contributed by atoms with Crippen molar-refractivity contribution in [3.8, 4) is 18.1 Å². The molecule has 0 saturated carbocycles. The third-order valence-corrected chi connectivity index (χ3v) is 3.27. The zero-order valence-electron chi connectivity index (χ0n) is 10.7. The maximum absolute atomic E-state index is 12.3. The van der Waals surface area contributed by atoms with Crippen LogP contribution >= 0.6 is 0 Å². The lowest BCUT2D eigenvalue weighted by molar-refractivity contribution is 0.0649. The molecule has 2 rings (SSSR count). The summed E-state index contributed by atoms with van der Waals surface area (Å²) in [6, 6.07) is 4.82. The topological polar surface area (TPSA) is 69.8 Å². The van der Waals surface area contributed by atoms with E-state index in [1.54, 1.807) is 23.1 Å². The zero-order valence-corrected chi connectivity index (χ0v) is 10.7. The molecule has 0 aromatic heterocycles. The molecule has 3 N–H and O–H groups in total. The highest BCUT2D eigenvalue weighted by Gasteiger charge is 2.23. The number of nitrogens with two attached hydrogens (primary N) is 1. The predicted octanol–water partition coefficient (Wildman–Crippen LogP) is 0.365. The SMILES string of the molecule is C#CCN1CCN(C(=O)c2cccc(N)c2O)CC1. The first kappa shape index (κ1) is 13.2. The van der Waals surface area contributed by atoms with Crippen LogP contribution in [-0.2, 0) is 0 Å². The van der Waals surface area contributed by atoms with Gasteiger partial charge in [0.05, 0.1) is 17.8 Å². The highest BCUT2D eigenvalue weighted by atomic mass is 16.3. The van der Waals surface area contributed by atoms with Crippen molar-refractivity contribution in [3.05, 3.63) is 23.8 Å². The molecule has 0 bridgehead atoms. The minimum absolute atomic E-state index is 0.140. The second-order valence-electron chi connectivity index (χ2n) is 4.52. The highest BCUT2D eigenvalue weighted by molar-refractivity contribution is 5.98. The Morgan fingerprint density at radius 2 is 2.05 bits per heavy atom. The molecule has 0 spiro atoms. The van der Waals surface area contributed by atoms with Gasteiger partial charge in [-0.2, -0.15) is 0 Å². The molecule has 5 nitrogen and oxygen atoms in total. The van der Waals surface area contributed by atoms with Crippen molar-refractivity contribution in [2.75, 3.05) is 38.5 Å². The average Bonchev–Trinajstić information content (AvgIpc) is 2.42. The molecular weight excluding hydrogens is 242 g/mol. The van der Waals surface area contributed by atoms with E-state index in [0.29, 0.717) is 19.6 Å². The number of nitrogens with zero attached hydrogens (tertiary/aromatic N) is 2. The summed E-state index contributed by atoms with van der Waals surface area (Å²) < 4.78 is 0. The fraction of sp³-hybridized carbons (Fsp3) is 0.357. The van der Waals surface area contributed by atoms with Crippen LogP contribution in [0.25, 0.3) is 0 Å². The molecular formula is C14H17N3O2. The van der Waals surface area contributed by atoms with E-state index in [9.17, 15) is 9.90 Å². The van der Waals surface area contributed by atoms with Gasteiger partial charge in [0, 0.05) is 26.2 Å². The first-order valence-corrected chi connectivity index (χ1v) is 6.16. The lowest BCUT2D eigenvalue weighted by atomic mass is 10.1. The van der Waals surface area contributed by atoms with E-state index in [2.05, 4.69) is 10.8 Å². The van der Waals surface area contributed by atoms with Crippen molar-refractivity contribution in [1.82, 2.24) is 9.80 Å². The summed E-state index contributed by atoms with van der Waals surface area (Å²) in [7, 11) is 0. The number of terminal acetylenes is 1. The van der Waals surface area contributed by atoms with Gasteiger partial charge in [-0.1, -0.05) is 12.0 Å². The van der Waals surface area contributed by atoms with Gasteiger partial charge in [0.25, 0.3) is 5.91 Å². The lowest BCUT2D eigenvalue weighted by Crippen LogP contribution is -2.48. The van der Waals surface area contributed by atoms with Crippen LogP contribution in [0.1, 0.15) is 10.4 Å². The van der Waals surface area contributed by atoms with Crippen LogP contribution in [0.15, 0.2) is 18.2 Å². The summed E-state index contributed by atoms with van der Waals surface area (Å²) in [6.07, 6.45) is 5.26. The Bertz CT molecular complexity index is 514. The minimum atomic E-state index is -0.190. The molecule has 1 aliphatic heterocycles. The standard InChI is InChI=1S/C14H17N3O2/c1-2-6-16-7-9-17(10-8-16)14(19)11-4-3-5-12(15)13(11)18/h1,3-5,18H,6-10,15H2. The van der Waals surface area contributed by atoms with Crippen molar-refractivity contribution in [2.45, 2.75) is 0 Å². The van der Waals surface area contributed by atoms with Crippen LogP contribution in [0.3, 0.4) is 0 Å². The van der Waals surface area contributed by atoms with E-state index in [0.717, 1.165) is 13.1 Å². The van der Waals surface area contributed by atoms with Gasteiger partial charge in [0.2, 0.25) is 0 Å². The van der Waals surface area contributed by atoms with E-state index in [-0.39, 0.29) is 22.9 Å². The first-order chi connectivity index (χ1) is 9.13. The van der Waals surface area contributed by atoms with Gasteiger partial charge < -0.3 is 15.7 Å². The van der Waals surface area contributed by atoms with Gasteiger partial charge in [-0.25, -0.2) is 0 Å². The highest BCUT2D eigenvalue weighted by Crippen LogP contribution is 2.25. The fourth-order valence-electron chi connectivity index (χ4n) is 2.14. The molecule has 1 amide bonds. The monoisotopic (exact) mass is 259 g/mol. The fourth-order valence-corrected chi connectivity index (χ4v) is 2.14. The van der Waals surface area contributed by atoms with Crippen LogP contribution < -0.4 is 5.73 Å². The molecule has 0 aliphatic carbocycles. The Morgan fingerprint density at radius 3 is 2.68 bits per heavy atom. The normalized spacial score (nSPS) is 16.1. The Balaban J connectivity index is 2.06. The molecule has 19 heavy (non-hydrogen) atoms. The maximum Gasteiger partial charge on any atom is 0.257 e. The largest absolute Gasteiger partial charge is 0.505 e. The summed E-state index contributed by atoms with van der Waals surface area (Å²) >= 11 is 0. The van der Waals surface area contributed by atoms with Gasteiger partial charge in [0.15, 0.2) is 5.75 Å². The van der Waals surface area contributed by atoms with Crippen molar-refractivity contribution in [1.29, 1.82) is 0 Å². The quantitative estimate of drug-likeness (QED) is 0.457. The maximum atomic E-state index is 12.3. The third kappa shape index (κ3) is 2.80.